The van der Waals surface area contributed by atoms with E-state index in [4.69, 9.17) is 5.11 Å². The molecule has 18 heavy (non-hydrogen) atoms. The molecule has 1 fully saturated rings. The van der Waals surface area contributed by atoms with E-state index in [9.17, 15) is 14.4 Å². The molecule has 0 radical (unpaired) electrons. The number of hydrogen-bond donors (Lipinski definition) is 2. The lowest BCUT2D eigenvalue weighted by Gasteiger charge is -2.24. The van der Waals surface area contributed by atoms with Gasteiger partial charge in [0.05, 0.1) is 0 Å². The zero-order valence-corrected chi connectivity index (χ0v) is 11.0. The van der Waals surface area contributed by atoms with Crippen LogP contribution in [0, 0.1) is 5.41 Å². The Bertz CT molecular complexity index is 359. The smallest absolute Gasteiger partial charge is 0.318 e. The van der Waals surface area contributed by atoms with Crippen LogP contribution < -0.4 is 5.32 Å². The molecule has 1 heterocycles. The molecular formula is C12H20N2O4. The Morgan fingerprint density at radius 2 is 1.72 bits per heavy atom. The molecule has 0 aromatic rings. The maximum Gasteiger partial charge on any atom is 0.318 e. The average Bonchev–Trinajstić information content (AvgIpc) is 2.80. The van der Waals surface area contributed by atoms with E-state index >= 15 is 0 Å². The highest BCUT2D eigenvalue weighted by Gasteiger charge is 2.37. The summed E-state index contributed by atoms with van der Waals surface area (Å²) in [6, 6.07) is -0.686. The number of carbonyl (C=O) groups excluding carboxylic acids is 2. The fourth-order valence-electron chi connectivity index (χ4n) is 1.75. The normalized spacial score (nSPS) is 17.4. The summed E-state index contributed by atoms with van der Waals surface area (Å²) in [5, 5.41) is 11.4. The second-order valence-corrected chi connectivity index (χ2v) is 5.16. The summed E-state index contributed by atoms with van der Waals surface area (Å²) in [6.45, 7) is 5.63. The van der Waals surface area contributed by atoms with E-state index in [1.165, 1.54) is 13.8 Å². The molecule has 102 valence electrons. The van der Waals surface area contributed by atoms with Gasteiger partial charge in [0, 0.05) is 13.1 Å². The van der Waals surface area contributed by atoms with Crippen LogP contribution in [0.15, 0.2) is 0 Å². The maximum atomic E-state index is 11.9. The number of carbonyl (C=O) groups is 3. The van der Waals surface area contributed by atoms with Gasteiger partial charge < -0.3 is 15.3 Å². The van der Waals surface area contributed by atoms with Crippen molar-refractivity contribution < 1.29 is 19.5 Å². The van der Waals surface area contributed by atoms with Gasteiger partial charge in [-0.3, -0.25) is 14.4 Å². The van der Waals surface area contributed by atoms with Crippen molar-refractivity contribution in [3.05, 3.63) is 0 Å². The van der Waals surface area contributed by atoms with Crippen LogP contribution in [0.5, 0.6) is 0 Å². The van der Waals surface area contributed by atoms with Crippen molar-refractivity contribution in [3.8, 4) is 0 Å². The Balaban J connectivity index is 2.59. The van der Waals surface area contributed by atoms with Crippen LogP contribution in [0.4, 0.5) is 0 Å². The van der Waals surface area contributed by atoms with E-state index in [1.54, 1.807) is 11.8 Å². The summed E-state index contributed by atoms with van der Waals surface area (Å²) in [5.74, 6) is -2.00. The van der Waals surface area contributed by atoms with Crippen molar-refractivity contribution in [2.45, 2.75) is 39.7 Å². The lowest BCUT2D eigenvalue weighted by molar-refractivity contribution is -0.154. The molecular weight excluding hydrogens is 236 g/mol. The predicted molar refractivity (Wildman–Crippen MR) is 64.8 cm³/mol. The van der Waals surface area contributed by atoms with Gasteiger partial charge in [-0.05, 0) is 33.6 Å². The number of amides is 2. The number of nitrogens with one attached hydrogen (secondary N) is 1. The minimum atomic E-state index is -1.53. The number of hydrogen-bond acceptors (Lipinski definition) is 3. The minimum Gasteiger partial charge on any atom is -0.480 e. The molecule has 1 aliphatic heterocycles. The zero-order valence-electron chi connectivity index (χ0n) is 11.0. The molecule has 6 heteroatoms. The molecule has 6 nitrogen and oxygen atoms in total. The third-order valence-electron chi connectivity index (χ3n) is 3.24. The minimum absolute atomic E-state index is 0.151. The second kappa shape index (κ2) is 5.37. The van der Waals surface area contributed by atoms with Crippen molar-refractivity contribution >= 4 is 17.8 Å². The van der Waals surface area contributed by atoms with Gasteiger partial charge in [-0.2, -0.15) is 0 Å². The summed E-state index contributed by atoms with van der Waals surface area (Å²) < 4.78 is 0. The fourth-order valence-corrected chi connectivity index (χ4v) is 1.75. The van der Waals surface area contributed by atoms with Crippen LogP contribution >= 0.6 is 0 Å². The van der Waals surface area contributed by atoms with Gasteiger partial charge in [-0.25, -0.2) is 0 Å². The van der Waals surface area contributed by atoms with E-state index < -0.39 is 23.3 Å². The first-order valence-electron chi connectivity index (χ1n) is 6.10. The fraction of sp³-hybridized carbons (Fsp3) is 0.750. The predicted octanol–water partition coefficient (Wildman–Crippen LogP) is 0.224. The lowest BCUT2D eigenvalue weighted by atomic mass is 9.92. The van der Waals surface area contributed by atoms with E-state index in [0.29, 0.717) is 13.1 Å². The van der Waals surface area contributed by atoms with E-state index in [2.05, 4.69) is 5.32 Å². The maximum absolute atomic E-state index is 11.9. The highest BCUT2D eigenvalue weighted by atomic mass is 16.4. The summed E-state index contributed by atoms with van der Waals surface area (Å²) >= 11 is 0. The first-order chi connectivity index (χ1) is 8.26. The quantitative estimate of drug-likeness (QED) is 0.705. The summed E-state index contributed by atoms with van der Waals surface area (Å²) in [4.78, 5) is 36.3. The Morgan fingerprint density at radius 3 is 2.17 bits per heavy atom. The van der Waals surface area contributed by atoms with Crippen molar-refractivity contribution in [1.29, 1.82) is 0 Å². The second-order valence-electron chi connectivity index (χ2n) is 5.16. The third-order valence-corrected chi connectivity index (χ3v) is 3.24. The Morgan fingerprint density at radius 1 is 1.22 bits per heavy atom. The largest absolute Gasteiger partial charge is 0.480 e. The van der Waals surface area contributed by atoms with Crippen LogP contribution in [-0.4, -0.2) is 46.9 Å². The summed E-state index contributed by atoms with van der Waals surface area (Å²) in [6.07, 6.45) is 1.96. The lowest BCUT2D eigenvalue weighted by Crippen LogP contribution is -2.51. The van der Waals surface area contributed by atoms with Gasteiger partial charge >= 0.3 is 5.97 Å². The van der Waals surface area contributed by atoms with E-state index in [1.807, 2.05) is 0 Å². The number of rotatable bonds is 4. The molecule has 1 aliphatic rings. The van der Waals surface area contributed by atoms with E-state index in [0.717, 1.165) is 12.8 Å². The average molecular weight is 256 g/mol. The standard InChI is InChI=1S/C12H20N2O4/c1-8(9(15)14-6-4-5-7-14)13-10(16)12(2,3)11(17)18/h8H,4-7H2,1-3H3,(H,13,16)(H,17,18). The molecule has 2 amide bonds. The SMILES string of the molecule is CC(NC(=O)C(C)(C)C(=O)O)C(=O)N1CCCC1. The number of likely N-dealkylation sites (tertiary alicyclic amines) is 1. The molecule has 1 saturated heterocycles. The van der Waals surface area contributed by atoms with Gasteiger partial charge in [0.1, 0.15) is 11.5 Å². The van der Waals surface area contributed by atoms with Gasteiger partial charge in [0.25, 0.3) is 0 Å². The van der Waals surface area contributed by atoms with Crippen molar-refractivity contribution in [3.63, 3.8) is 0 Å². The van der Waals surface area contributed by atoms with Crippen LogP contribution in [0.25, 0.3) is 0 Å². The van der Waals surface area contributed by atoms with E-state index in [-0.39, 0.29) is 5.91 Å². The Kier molecular flexibility index (Phi) is 4.32. The molecule has 2 N–H and O–H groups in total. The molecule has 0 aliphatic carbocycles. The van der Waals surface area contributed by atoms with Gasteiger partial charge in [0.15, 0.2) is 0 Å². The van der Waals surface area contributed by atoms with Crippen molar-refractivity contribution in [2.24, 2.45) is 5.41 Å². The van der Waals surface area contributed by atoms with Gasteiger partial charge in [0.2, 0.25) is 11.8 Å². The van der Waals surface area contributed by atoms with Crippen molar-refractivity contribution in [1.82, 2.24) is 10.2 Å². The van der Waals surface area contributed by atoms with Gasteiger partial charge in [-0.1, -0.05) is 0 Å². The number of carboxylic acid groups (broad SMARTS) is 1. The molecule has 0 aromatic heterocycles. The molecule has 0 spiro atoms. The zero-order chi connectivity index (χ0) is 13.9. The van der Waals surface area contributed by atoms with Crippen molar-refractivity contribution in [2.75, 3.05) is 13.1 Å². The molecule has 1 rings (SSSR count). The van der Waals surface area contributed by atoms with Crippen LogP contribution in [0.2, 0.25) is 0 Å². The highest BCUT2D eigenvalue weighted by molar-refractivity contribution is 6.02. The summed E-state index contributed by atoms with van der Waals surface area (Å²) in [7, 11) is 0. The first kappa shape index (κ1) is 14.5. The van der Waals surface area contributed by atoms with Crippen LogP contribution in [-0.2, 0) is 14.4 Å². The third kappa shape index (κ3) is 3.00. The molecule has 1 atom stereocenters. The first-order valence-corrected chi connectivity index (χ1v) is 6.10. The van der Waals surface area contributed by atoms with Gasteiger partial charge in [-0.15, -0.1) is 0 Å². The monoisotopic (exact) mass is 256 g/mol. The topological polar surface area (TPSA) is 86.7 Å². The molecule has 0 aromatic carbocycles. The van der Waals surface area contributed by atoms with Crippen LogP contribution in [0.1, 0.15) is 33.6 Å². The number of aliphatic carboxylic acids is 1. The Labute approximate surface area is 106 Å². The van der Waals surface area contributed by atoms with Crippen LogP contribution in [0.3, 0.4) is 0 Å². The Hall–Kier alpha value is -1.59. The summed E-state index contributed by atoms with van der Waals surface area (Å²) in [5.41, 5.74) is -1.53. The number of nitrogens with zero attached hydrogens (tertiary/aromatic N) is 1. The number of carboxylic acids is 1. The molecule has 0 bridgehead atoms. The highest BCUT2D eigenvalue weighted by Crippen LogP contribution is 2.16. The molecule has 1 unspecified atom stereocenters. The molecule has 0 saturated carbocycles.